The third kappa shape index (κ3) is 5.03. The first-order chi connectivity index (χ1) is 14.7. The van der Waals surface area contributed by atoms with Crippen molar-refractivity contribution < 1.29 is 29.3 Å². The molecule has 0 aliphatic heterocycles. The zero-order valence-electron chi connectivity index (χ0n) is 16.8. The van der Waals surface area contributed by atoms with E-state index in [1.807, 2.05) is 13.8 Å². The predicted molar refractivity (Wildman–Crippen MR) is 119 cm³/mol. The predicted octanol–water partition coefficient (Wildman–Crippen LogP) is 5.14. The van der Waals surface area contributed by atoms with E-state index in [0.717, 1.165) is 28.3 Å². The molecule has 1 amide bonds. The molecule has 2 aromatic rings. The number of hydrogen-bond acceptors (Lipinski definition) is 6. The Kier molecular flexibility index (Phi) is 6.60. The number of hydrogen-bond donors (Lipinski definition) is 3. The van der Waals surface area contributed by atoms with Crippen molar-refractivity contribution in [1.82, 2.24) is 0 Å². The van der Waals surface area contributed by atoms with Gasteiger partial charge in [0, 0.05) is 22.2 Å². The number of phenols is 2. The summed E-state index contributed by atoms with van der Waals surface area (Å²) in [5.74, 6) is -2.19. The number of carbonyl (C=O) groups excluding carboxylic acids is 3. The summed E-state index contributed by atoms with van der Waals surface area (Å²) < 4.78 is 6.25. The molecule has 3 rings (SSSR count). The molecule has 2 aromatic carbocycles. The molecule has 0 saturated heterocycles. The summed E-state index contributed by atoms with van der Waals surface area (Å²) in [6.45, 7) is 3.69. The molecule has 1 unspecified atom stereocenters. The number of rotatable bonds is 5. The van der Waals surface area contributed by atoms with Gasteiger partial charge in [-0.2, -0.15) is 0 Å². The Morgan fingerprint density at radius 1 is 1.13 bits per heavy atom. The molecular formula is C23H20BrNO6. The third-order valence-electron chi connectivity index (χ3n) is 4.59. The maximum Gasteiger partial charge on any atom is 0.412 e. The van der Waals surface area contributed by atoms with Crippen molar-refractivity contribution in [2.75, 3.05) is 5.32 Å². The summed E-state index contributed by atoms with van der Waals surface area (Å²) in [4.78, 5) is 38.2. The van der Waals surface area contributed by atoms with Gasteiger partial charge < -0.3 is 14.9 Å². The smallest absolute Gasteiger partial charge is 0.412 e. The van der Waals surface area contributed by atoms with E-state index in [-0.39, 0.29) is 23.1 Å². The number of phenolic OH excluding ortho intramolecular Hbond substituents is 2. The Bertz CT molecular complexity index is 1130. The fourth-order valence-corrected chi connectivity index (χ4v) is 3.55. The molecule has 0 bridgehead atoms. The lowest BCUT2D eigenvalue weighted by molar-refractivity contribution is 0.0914. The SMILES string of the molecule is CC(C)=CCC(OC(=O)Nc1cccc(Br)c1)C1=CC(=O)c2c(O)ccc(O)c2C1=O. The van der Waals surface area contributed by atoms with Crippen molar-refractivity contribution in [2.24, 2.45) is 0 Å². The summed E-state index contributed by atoms with van der Waals surface area (Å²) >= 11 is 3.31. The van der Waals surface area contributed by atoms with Gasteiger partial charge in [-0.3, -0.25) is 14.9 Å². The van der Waals surface area contributed by atoms with Gasteiger partial charge in [0.25, 0.3) is 0 Å². The lowest BCUT2D eigenvalue weighted by Crippen LogP contribution is -2.30. The van der Waals surface area contributed by atoms with Crippen LogP contribution in [0.2, 0.25) is 0 Å². The maximum absolute atomic E-state index is 13.1. The number of carbonyl (C=O) groups is 3. The van der Waals surface area contributed by atoms with Crippen molar-refractivity contribution in [3.05, 3.63) is 75.3 Å². The number of aromatic hydroxyl groups is 2. The average molecular weight is 486 g/mol. The van der Waals surface area contributed by atoms with Crippen molar-refractivity contribution in [1.29, 1.82) is 0 Å². The molecule has 7 nitrogen and oxygen atoms in total. The second kappa shape index (κ2) is 9.18. The van der Waals surface area contributed by atoms with Gasteiger partial charge in [0.05, 0.1) is 11.1 Å². The van der Waals surface area contributed by atoms with Crippen LogP contribution in [0.15, 0.2) is 64.2 Å². The van der Waals surface area contributed by atoms with Crippen LogP contribution in [-0.2, 0) is 4.74 Å². The number of benzene rings is 2. The van der Waals surface area contributed by atoms with Crippen molar-refractivity contribution in [2.45, 2.75) is 26.4 Å². The van der Waals surface area contributed by atoms with Crippen molar-refractivity contribution in [3.8, 4) is 11.5 Å². The van der Waals surface area contributed by atoms with Crippen LogP contribution in [0.1, 0.15) is 41.0 Å². The molecule has 8 heteroatoms. The maximum atomic E-state index is 13.1. The van der Waals surface area contributed by atoms with Crippen molar-refractivity contribution in [3.63, 3.8) is 0 Å². The van der Waals surface area contributed by atoms with Gasteiger partial charge >= 0.3 is 6.09 Å². The number of ketones is 2. The second-order valence-corrected chi connectivity index (χ2v) is 8.11. The van der Waals surface area contributed by atoms with E-state index in [0.29, 0.717) is 5.69 Å². The minimum atomic E-state index is -1.08. The lowest BCUT2D eigenvalue weighted by atomic mass is 9.85. The Morgan fingerprint density at radius 2 is 1.81 bits per heavy atom. The number of nitrogens with one attached hydrogen (secondary N) is 1. The minimum absolute atomic E-state index is 0.0831. The van der Waals surface area contributed by atoms with Gasteiger partial charge in [0.15, 0.2) is 11.6 Å². The summed E-state index contributed by atoms with van der Waals surface area (Å²) in [5, 5.41) is 22.7. The van der Waals surface area contributed by atoms with Crippen LogP contribution in [0.4, 0.5) is 10.5 Å². The van der Waals surface area contributed by atoms with Gasteiger partial charge in [-0.05, 0) is 50.3 Å². The number of halogens is 1. The van der Waals surface area contributed by atoms with Gasteiger partial charge in [-0.15, -0.1) is 0 Å². The van der Waals surface area contributed by atoms with E-state index in [9.17, 15) is 24.6 Å². The summed E-state index contributed by atoms with van der Waals surface area (Å²) in [7, 11) is 0. The summed E-state index contributed by atoms with van der Waals surface area (Å²) in [6, 6.07) is 9.15. The number of allylic oxidation sites excluding steroid dienone is 2. The molecule has 1 aliphatic carbocycles. The molecule has 1 atom stereocenters. The molecular weight excluding hydrogens is 466 g/mol. The van der Waals surface area contributed by atoms with E-state index in [1.54, 1.807) is 30.3 Å². The normalized spacial score (nSPS) is 13.7. The van der Waals surface area contributed by atoms with Crippen LogP contribution in [0.25, 0.3) is 0 Å². The number of ether oxygens (including phenoxy) is 1. The molecule has 0 heterocycles. The lowest BCUT2D eigenvalue weighted by Gasteiger charge is -2.23. The van der Waals surface area contributed by atoms with Gasteiger partial charge in [-0.1, -0.05) is 33.6 Å². The Labute approximate surface area is 187 Å². The van der Waals surface area contributed by atoms with Crippen LogP contribution < -0.4 is 5.32 Å². The van der Waals surface area contributed by atoms with E-state index < -0.39 is 35.3 Å². The third-order valence-corrected chi connectivity index (χ3v) is 5.08. The number of fused-ring (bicyclic) bond motifs is 1. The molecule has 0 fully saturated rings. The van der Waals surface area contributed by atoms with Crippen LogP contribution in [0.3, 0.4) is 0 Å². The van der Waals surface area contributed by atoms with E-state index in [1.165, 1.54) is 0 Å². The fourth-order valence-electron chi connectivity index (χ4n) is 3.15. The molecule has 1 aliphatic rings. The first-order valence-corrected chi connectivity index (χ1v) is 10.2. The van der Waals surface area contributed by atoms with Crippen LogP contribution in [-0.4, -0.2) is 34.0 Å². The highest BCUT2D eigenvalue weighted by Crippen LogP contribution is 2.36. The largest absolute Gasteiger partial charge is 0.507 e. The van der Waals surface area contributed by atoms with E-state index in [4.69, 9.17) is 4.74 Å². The molecule has 160 valence electrons. The summed E-state index contributed by atoms with van der Waals surface area (Å²) in [5.41, 5.74) is 0.750. The fraction of sp³-hybridized carbons (Fsp3) is 0.174. The average Bonchev–Trinajstić information content (AvgIpc) is 2.69. The first kappa shape index (κ1) is 22.3. The van der Waals surface area contributed by atoms with Gasteiger partial charge in [-0.25, -0.2) is 4.79 Å². The van der Waals surface area contributed by atoms with Gasteiger partial charge in [0.2, 0.25) is 0 Å². The topological polar surface area (TPSA) is 113 Å². The van der Waals surface area contributed by atoms with E-state index in [2.05, 4.69) is 21.2 Å². The molecule has 0 spiro atoms. The standard InChI is InChI=1S/C23H20BrNO6/c1-12(2)6-9-19(31-23(30)25-14-5-3-4-13(24)10-14)15-11-18(28)20-16(26)7-8-17(27)21(20)22(15)29/h3-8,10-11,19,26-27H,9H2,1-2H3,(H,25,30). The zero-order chi connectivity index (χ0) is 22.7. The Morgan fingerprint density at radius 3 is 2.45 bits per heavy atom. The quantitative estimate of drug-likeness (QED) is 0.399. The number of Topliss-reactive ketones (excluding diaryl/α,β-unsaturated/α-hetero) is 1. The highest BCUT2D eigenvalue weighted by molar-refractivity contribution is 9.10. The molecule has 3 N–H and O–H groups in total. The molecule has 31 heavy (non-hydrogen) atoms. The number of anilines is 1. The van der Waals surface area contributed by atoms with Crippen molar-refractivity contribution >= 4 is 39.3 Å². The van der Waals surface area contributed by atoms with Crippen LogP contribution >= 0.6 is 15.9 Å². The number of amides is 1. The molecule has 0 saturated carbocycles. The second-order valence-electron chi connectivity index (χ2n) is 7.19. The van der Waals surface area contributed by atoms with Crippen LogP contribution in [0, 0.1) is 0 Å². The first-order valence-electron chi connectivity index (χ1n) is 9.39. The van der Waals surface area contributed by atoms with Gasteiger partial charge in [0.1, 0.15) is 17.6 Å². The Balaban J connectivity index is 1.92. The highest BCUT2D eigenvalue weighted by atomic mass is 79.9. The summed E-state index contributed by atoms with van der Waals surface area (Å²) in [6.07, 6.45) is 1.08. The van der Waals surface area contributed by atoms with Crippen LogP contribution in [0.5, 0.6) is 11.5 Å². The van der Waals surface area contributed by atoms with E-state index >= 15 is 0 Å². The zero-order valence-corrected chi connectivity index (χ0v) is 18.4. The highest BCUT2D eigenvalue weighted by Gasteiger charge is 2.35. The molecule has 0 aromatic heterocycles. The Hall–Kier alpha value is -3.39. The molecule has 0 radical (unpaired) electrons. The minimum Gasteiger partial charge on any atom is -0.507 e. The monoisotopic (exact) mass is 485 g/mol.